The summed E-state index contributed by atoms with van der Waals surface area (Å²) in [7, 11) is 0. The van der Waals surface area contributed by atoms with Crippen LogP contribution in [-0.2, 0) is 16.1 Å². The number of nitrogens with two attached hydrogens (primary N) is 1. The van der Waals surface area contributed by atoms with Gasteiger partial charge in [-0.3, -0.25) is 14.5 Å². The second-order valence-corrected chi connectivity index (χ2v) is 9.27. The highest BCUT2D eigenvalue weighted by atomic mass is 16.6. The normalized spacial score (nSPS) is 25.4. The standard InChI is InChI=1S/C20H20N2O4.C4H9NO2/c23-20(24)18-14-9-22(10-15(14)18)8-12-3-5-13(6-4-12)17-11-25-16-2-1-7-21-19(16)26-17;1-4(2,7)3(5)6/h1-7,14-15,17-18H,8-11H2,(H,23,24);7H,1-2H3,(H2,5,6)/t14-,15+,17-,18?;/m1./s1. The first-order valence-corrected chi connectivity index (χ1v) is 10.9. The number of pyridine rings is 1. The highest BCUT2D eigenvalue weighted by molar-refractivity contribution is 5.82. The molecule has 3 heterocycles. The third-order valence-corrected chi connectivity index (χ3v) is 6.30. The quantitative estimate of drug-likeness (QED) is 0.619. The number of aliphatic carboxylic acids is 1. The van der Waals surface area contributed by atoms with E-state index in [0.717, 1.165) is 25.2 Å². The van der Waals surface area contributed by atoms with Crippen molar-refractivity contribution < 1.29 is 29.3 Å². The van der Waals surface area contributed by atoms with Gasteiger partial charge in [-0.25, -0.2) is 4.98 Å². The van der Waals surface area contributed by atoms with Gasteiger partial charge in [-0.2, -0.15) is 0 Å². The molecule has 2 aromatic rings. The third-order valence-electron chi connectivity index (χ3n) is 6.30. The number of carboxylic acids is 1. The van der Waals surface area contributed by atoms with Crippen molar-refractivity contribution in [3.8, 4) is 11.6 Å². The van der Waals surface area contributed by atoms with Crippen molar-refractivity contribution in [1.82, 2.24) is 9.88 Å². The molecule has 5 rings (SSSR count). The van der Waals surface area contributed by atoms with E-state index in [0.29, 0.717) is 30.1 Å². The Morgan fingerprint density at radius 3 is 2.39 bits per heavy atom. The van der Waals surface area contributed by atoms with Crippen LogP contribution >= 0.6 is 0 Å². The van der Waals surface area contributed by atoms with Gasteiger partial charge in [0.1, 0.15) is 12.2 Å². The maximum absolute atomic E-state index is 11.1. The number of benzene rings is 1. The van der Waals surface area contributed by atoms with E-state index in [2.05, 4.69) is 39.9 Å². The minimum absolute atomic E-state index is 0.103. The molecule has 0 bridgehead atoms. The number of hydrogen-bond acceptors (Lipinski definition) is 7. The highest BCUT2D eigenvalue weighted by Gasteiger charge is 2.59. The summed E-state index contributed by atoms with van der Waals surface area (Å²) in [6, 6.07) is 12.1. The van der Waals surface area contributed by atoms with Gasteiger partial charge in [0, 0.05) is 25.8 Å². The molecule has 4 atom stereocenters. The summed E-state index contributed by atoms with van der Waals surface area (Å²) in [6.45, 7) is 5.82. The predicted octanol–water partition coefficient (Wildman–Crippen LogP) is 1.60. The van der Waals surface area contributed by atoms with Crippen molar-refractivity contribution in [2.24, 2.45) is 23.5 Å². The molecule has 1 unspecified atom stereocenters. The molecule has 33 heavy (non-hydrogen) atoms. The maximum Gasteiger partial charge on any atom is 0.307 e. The van der Waals surface area contributed by atoms with Crippen molar-refractivity contribution in [3.63, 3.8) is 0 Å². The molecule has 1 aromatic carbocycles. The van der Waals surface area contributed by atoms with Crippen LogP contribution in [0.4, 0.5) is 0 Å². The number of piperidine rings is 1. The summed E-state index contributed by atoms with van der Waals surface area (Å²) in [5.41, 5.74) is 5.62. The number of carboxylic acid groups (broad SMARTS) is 1. The molecule has 0 radical (unpaired) electrons. The monoisotopic (exact) mass is 455 g/mol. The van der Waals surface area contributed by atoms with Crippen LogP contribution in [0.5, 0.6) is 11.6 Å². The van der Waals surface area contributed by atoms with Crippen LogP contribution in [0.25, 0.3) is 0 Å². The van der Waals surface area contributed by atoms with Crippen LogP contribution in [0.3, 0.4) is 0 Å². The van der Waals surface area contributed by atoms with E-state index in [1.807, 2.05) is 12.1 Å². The Balaban J connectivity index is 0.000000325. The predicted molar refractivity (Wildman–Crippen MR) is 118 cm³/mol. The lowest BCUT2D eigenvalue weighted by molar-refractivity contribution is -0.139. The average molecular weight is 456 g/mol. The summed E-state index contributed by atoms with van der Waals surface area (Å²) >= 11 is 0. The molecule has 1 amide bonds. The van der Waals surface area contributed by atoms with E-state index in [1.54, 1.807) is 6.20 Å². The number of carbonyl (C=O) groups is 2. The first kappa shape index (κ1) is 23.0. The summed E-state index contributed by atoms with van der Waals surface area (Å²) in [4.78, 5) is 27.6. The van der Waals surface area contributed by atoms with E-state index < -0.39 is 17.5 Å². The number of hydrogen-bond donors (Lipinski definition) is 3. The Kier molecular flexibility index (Phi) is 6.27. The lowest BCUT2D eigenvalue weighted by atomic mass is 10.1. The summed E-state index contributed by atoms with van der Waals surface area (Å²) in [6.07, 6.45) is 1.55. The number of carbonyl (C=O) groups excluding carboxylic acids is 1. The molecule has 1 saturated heterocycles. The van der Waals surface area contributed by atoms with Gasteiger partial charge in [-0.05, 0) is 48.9 Å². The van der Waals surface area contributed by atoms with E-state index in [4.69, 9.17) is 19.7 Å². The van der Waals surface area contributed by atoms with Crippen molar-refractivity contribution in [2.75, 3.05) is 19.7 Å². The molecule has 1 saturated carbocycles. The molecule has 9 nitrogen and oxygen atoms in total. The minimum Gasteiger partial charge on any atom is -0.484 e. The van der Waals surface area contributed by atoms with Crippen LogP contribution in [0, 0.1) is 17.8 Å². The van der Waals surface area contributed by atoms with E-state index in [9.17, 15) is 9.59 Å². The number of nitrogens with zero attached hydrogens (tertiary/aromatic N) is 2. The largest absolute Gasteiger partial charge is 0.484 e. The Morgan fingerprint density at radius 2 is 1.82 bits per heavy atom. The fraction of sp³-hybridized carbons (Fsp3) is 0.458. The minimum atomic E-state index is -1.36. The van der Waals surface area contributed by atoms with Gasteiger partial charge in [0.15, 0.2) is 11.9 Å². The number of aromatic nitrogens is 1. The van der Waals surface area contributed by atoms with Crippen LogP contribution in [-0.4, -0.2) is 57.3 Å². The molecule has 0 spiro atoms. The zero-order chi connectivity index (χ0) is 23.8. The van der Waals surface area contributed by atoms with Crippen LogP contribution in [0.1, 0.15) is 31.1 Å². The zero-order valence-corrected chi connectivity index (χ0v) is 18.7. The lowest BCUT2D eigenvalue weighted by Gasteiger charge is -2.26. The smallest absolute Gasteiger partial charge is 0.307 e. The van der Waals surface area contributed by atoms with E-state index in [1.165, 1.54) is 19.4 Å². The summed E-state index contributed by atoms with van der Waals surface area (Å²) in [5, 5.41) is 17.7. The lowest BCUT2D eigenvalue weighted by Crippen LogP contribution is -2.37. The molecule has 2 fully saturated rings. The molecule has 3 aliphatic rings. The number of ether oxygens (including phenoxy) is 2. The first-order chi connectivity index (χ1) is 15.6. The fourth-order valence-electron chi connectivity index (χ4n) is 4.28. The van der Waals surface area contributed by atoms with Crippen molar-refractivity contribution in [3.05, 3.63) is 53.7 Å². The molecule has 1 aromatic heterocycles. The van der Waals surface area contributed by atoms with E-state index >= 15 is 0 Å². The van der Waals surface area contributed by atoms with Gasteiger partial charge in [0.05, 0.1) is 5.92 Å². The molecule has 2 aliphatic heterocycles. The van der Waals surface area contributed by atoms with Gasteiger partial charge in [0.2, 0.25) is 5.91 Å². The SMILES string of the molecule is CC(C)(O)C(N)=O.O=C(O)C1[C@H]2CN(Cc3ccc([C@H]4COc5cccnc5O4)cc3)C[C@@H]12. The Labute approximate surface area is 192 Å². The van der Waals surface area contributed by atoms with Crippen molar-refractivity contribution in [1.29, 1.82) is 0 Å². The zero-order valence-electron chi connectivity index (χ0n) is 18.7. The topological polar surface area (TPSA) is 135 Å². The molecular weight excluding hydrogens is 426 g/mol. The second kappa shape index (κ2) is 8.99. The number of amides is 1. The molecule has 1 aliphatic carbocycles. The molecular formula is C24H29N3O6. The Bertz CT molecular complexity index is 1010. The first-order valence-electron chi connectivity index (χ1n) is 10.9. The molecule has 9 heteroatoms. The number of likely N-dealkylation sites (tertiary alicyclic amines) is 1. The van der Waals surface area contributed by atoms with Crippen LogP contribution < -0.4 is 15.2 Å². The van der Waals surface area contributed by atoms with Gasteiger partial charge < -0.3 is 25.4 Å². The number of aliphatic hydroxyl groups is 1. The maximum atomic E-state index is 11.1. The van der Waals surface area contributed by atoms with Crippen LogP contribution in [0.15, 0.2) is 42.6 Å². The Morgan fingerprint density at radius 1 is 1.18 bits per heavy atom. The fourth-order valence-corrected chi connectivity index (χ4v) is 4.28. The van der Waals surface area contributed by atoms with Crippen LogP contribution in [0.2, 0.25) is 0 Å². The third kappa shape index (κ3) is 5.26. The van der Waals surface area contributed by atoms with Gasteiger partial charge in [0.25, 0.3) is 5.88 Å². The Hall–Kier alpha value is -3.17. The number of primary amides is 1. The summed E-state index contributed by atoms with van der Waals surface area (Å²) < 4.78 is 11.7. The number of fused-ring (bicyclic) bond motifs is 2. The average Bonchev–Trinajstić information content (AvgIpc) is 3.30. The molecule has 4 N–H and O–H groups in total. The second-order valence-electron chi connectivity index (χ2n) is 9.27. The highest BCUT2D eigenvalue weighted by Crippen LogP contribution is 2.52. The van der Waals surface area contributed by atoms with E-state index in [-0.39, 0.29) is 12.0 Å². The summed E-state index contributed by atoms with van der Waals surface area (Å²) in [5.74, 6) is 0.500. The molecule has 176 valence electrons. The number of rotatable bonds is 5. The van der Waals surface area contributed by atoms with Crippen molar-refractivity contribution >= 4 is 11.9 Å². The van der Waals surface area contributed by atoms with Gasteiger partial charge in [-0.15, -0.1) is 0 Å². The van der Waals surface area contributed by atoms with Gasteiger partial charge in [-0.1, -0.05) is 24.3 Å². The van der Waals surface area contributed by atoms with Crippen molar-refractivity contribution in [2.45, 2.75) is 32.1 Å². The van der Waals surface area contributed by atoms with Gasteiger partial charge >= 0.3 is 5.97 Å².